The number of hydrogen-bond donors (Lipinski definition) is 1. The van der Waals surface area contributed by atoms with Crippen LogP contribution >= 0.6 is 0 Å². The maximum absolute atomic E-state index is 5.96. The molecule has 96 valence electrons. The molecule has 0 radical (unpaired) electrons. The third-order valence-corrected chi connectivity index (χ3v) is 3.15. The van der Waals surface area contributed by atoms with Gasteiger partial charge in [0.1, 0.15) is 0 Å². The molecular weight excluding hydrogens is 208 g/mol. The van der Waals surface area contributed by atoms with E-state index < -0.39 is 0 Å². The molecule has 0 saturated carbocycles. The van der Waals surface area contributed by atoms with Crippen molar-refractivity contribution in [3.8, 4) is 0 Å². The number of nitrogens with two attached hydrogens (primary N) is 1. The molecule has 1 atom stereocenters. The van der Waals surface area contributed by atoms with E-state index >= 15 is 0 Å². The minimum Gasteiger partial charge on any atom is -0.329 e. The molecule has 0 spiro atoms. The smallest absolute Gasteiger partial charge is 0.0470 e. The van der Waals surface area contributed by atoms with E-state index in [1.165, 1.54) is 24.0 Å². The van der Waals surface area contributed by atoms with Crippen molar-refractivity contribution in [1.29, 1.82) is 0 Å². The second kappa shape index (κ2) is 7.46. The van der Waals surface area contributed by atoms with Gasteiger partial charge in [-0.2, -0.15) is 0 Å². The van der Waals surface area contributed by atoms with Gasteiger partial charge in [-0.25, -0.2) is 0 Å². The SMILES string of the molecule is CCCN(CCC)C(CN)c1ccc(C)cc1. The number of benzene rings is 1. The summed E-state index contributed by atoms with van der Waals surface area (Å²) in [6, 6.07) is 9.15. The van der Waals surface area contributed by atoms with Gasteiger partial charge in [-0.1, -0.05) is 43.7 Å². The Morgan fingerprint density at radius 3 is 2.00 bits per heavy atom. The minimum atomic E-state index is 0.371. The average Bonchev–Trinajstić information content (AvgIpc) is 2.33. The van der Waals surface area contributed by atoms with Crippen LogP contribution in [0, 0.1) is 6.92 Å². The predicted octanol–water partition coefficient (Wildman–Crippen LogP) is 3.12. The monoisotopic (exact) mass is 234 g/mol. The zero-order valence-corrected chi connectivity index (χ0v) is 11.4. The molecular formula is C15H26N2. The first-order valence-electron chi connectivity index (χ1n) is 6.73. The maximum atomic E-state index is 5.96. The van der Waals surface area contributed by atoms with Crippen LogP contribution in [0.1, 0.15) is 43.9 Å². The second-order valence-electron chi connectivity index (χ2n) is 4.70. The van der Waals surface area contributed by atoms with E-state index in [2.05, 4.69) is 49.9 Å². The quantitative estimate of drug-likeness (QED) is 0.785. The van der Waals surface area contributed by atoms with Crippen molar-refractivity contribution < 1.29 is 0 Å². The van der Waals surface area contributed by atoms with E-state index in [-0.39, 0.29) is 0 Å². The lowest BCUT2D eigenvalue weighted by Crippen LogP contribution is -2.35. The van der Waals surface area contributed by atoms with Gasteiger partial charge in [-0.3, -0.25) is 4.90 Å². The van der Waals surface area contributed by atoms with Crippen LogP contribution in [0.4, 0.5) is 0 Å². The first-order valence-corrected chi connectivity index (χ1v) is 6.73. The summed E-state index contributed by atoms with van der Waals surface area (Å²) in [5, 5.41) is 0. The lowest BCUT2D eigenvalue weighted by Gasteiger charge is -2.30. The van der Waals surface area contributed by atoms with Crippen LogP contribution in [0.2, 0.25) is 0 Å². The summed E-state index contributed by atoms with van der Waals surface area (Å²) in [6.07, 6.45) is 2.37. The molecule has 1 rings (SSSR count). The molecule has 0 amide bonds. The summed E-state index contributed by atoms with van der Waals surface area (Å²) in [6.45, 7) is 9.53. The van der Waals surface area contributed by atoms with Gasteiger partial charge in [-0.05, 0) is 38.4 Å². The summed E-state index contributed by atoms with van der Waals surface area (Å²) in [4.78, 5) is 2.50. The van der Waals surface area contributed by atoms with Crippen LogP contribution in [0.5, 0.6) is 0 Å². The van der Waals surface area contributed by atoms with Gasteiger partial charge in [0.05, 0.1) is 0 Å². The zero-order chi connectivity index (χ0) is 12.7. The minimum absolute atomic E-state index is 0.371. The molecule has 1 unspecified atom stereocenters. The Hall–Kier alpha value is -0.860. The molecule has 1 aromatic rings. The van der Waals surface area contributed by atoms with Crippen LogP contribution in [-0.4, -0.2) is 24.5 Å². The van der Waals surface area contributed by atoms with E-state index in [4.69, 9.17) is 5.73 Å². The van der Waals surface area contributed by atoms with Crippen molar-refractivity contribution >= 4 is 0 Å². The molecule has 2 N–H and O–H groups in total. The molecule has 0 saturated heterocycles. The molecule has 0 bridgehead atoms. The fraction of sp³-hybridized carbons (Fsp3) is 0.600. The standard InChI is InChI=1S/C15H26N2/c1-4-10-17(11-5-2)15(12-16)14-8-6-13(3)7-9-14/h6-9,15H,4-5,10-12,16H2,1-3H3. The second-order valence-corrected chi connectivity index (χ2v) is 4.70. The van der Waals surface area contributed by atoms with Gasteiger partial charge in [-0.15, -0.1) is 0 Å². The maximum Gasteiger partial charge on any atom is 0.0470 e. The topological polar surface area (TPSA) is 29.3 Å². The molecule has 0 heterocycles. The van der Waals surface area contributed by atoms with Gasteiger partial charge >= 0.3 is 0 Å². The van der Waals surface area contributed by atoms with E-state index in [1.807, 2.05) is 0 Å². The van der Waals surface area contributed by atoms with Crippen molar-refractivity contribution in [2.75, 3.05) is 19.6 Å². The molecule has 1 aromatic carbocycles. The van der Waals surface area contributed by atoms with Gasteiger partial charge in [0, 0.05) is 12.6 Å². The van der Waals surface area contributed by atoms with Gasteiger partial charge in [0.25, 0.3) is 0 Å². The summed E-state index contributed by atoms with van der Waals surface area (Å²) >= 11 is 0. The van der Waals surface area contributed by atoms with Crippen LogP contribution in [0.3, 0.4) is 0 Å². The van der Waals surface area contributed by atoms with Crippen molar-refractivity contribution in [2.24, 2.45) is 5.73 Å². The first kappa shape index (κ1) is 14.2. The van der Waals surface area contributed by atoms with Crippen LogP contribution in [0.25, 0.3) is 0 Å². The molecule has 17 heavy (non-hydrogen) atoms. The first-order chi connectivity index (χ1) is 8.22. The van der Waals surface area contributed by atoms with Crippen molar-refractivity contribution in [3.05, 3.63) is 35.4 Å². The molecule has 0 aliphatic carbocycles. The lowest BCUT2D eigenvalue weighted by atomic mass is 10.0. The fourth-order valence-electron chi connectivity index (χ4n) is 2.28. The highest BCUT2D eigenvalue weighted by molar-refractivity contribution is 5.24. The highest BCUT2D eigenvalue weighted by Gasteiger charge is 2.17. The molecule has 0 aliphatic rings. The van der Waals surface area contributed by atoms with E-state index in [1.54, 1.807) is 0 Å². The Bertz CT molecular complexity index is 299. The predicted molar refractivity (Wildman–Crippen MR) is 75.1 cm³/mol. The van der Waals surface area contributed by atoms with E-state index in [0.29, 0.717) is 12.6 Å². The van der Waals surface area contributed by atoms with Crippen molar-refractivity contribution in [1.82, 2.24) is 4.90 Å². The number of hydrogen-bond acceptors (Lipinski definition) is 2. The average molecular weight is 234 g/mol. The van der Waals surface area contributed by atoms with Crippen molar-refractivity contribution in [2.45, 2.75) is 39.7 Å². The molecule has 0 aromatic heterocycles. The van der Waals surface area contributed by atoms with Crippen molar-refractivity contribution in [3.63, 3.8) is 0 Å². The Morgan fingerprint density at radius 2 is 1.59 bits per heavy atom. The summed E-state index contributed by atoms with van der Waals surface area (Å²) < 4.78 is 0. The fourth-order valence-corrected chi connectivity index (χ4v) is 2.28. The Labute approximate surface area is 106 Å². The third kappa shape index (κ3) is 4.14. The van der Waals surface area contributed by atoms with E-state index in [9.17, 15) is 0 Å². The molecule has 0 aliphatic heterocycles. The normalized spacial score (nSPS) is 13.0. The molecule has 2 heteroatoms. The molecule has 2 nitrogen and oxygen atoms in total. The Morgan fingerprint density at radius 1 is 1.06 bits per heavy atom. The number of rotatable bonds is 7. The largest absolute Gasteiger partial charge is 0.329 e. The van der Waals surface area contributed by atoms with Crippen LogP contribution < -0.4 is 5.73 Å². The van der Waals surface area contributed by atoms with Crippen LogP contribution in [0.15, 0.2) is 24.3 Å². The lowest BCUT2D eigenvalue weighted by molar-refractivity contribution is 0.202. The highest BCUT2D eigenvalue weighted by atomic mass is 15.2. The van der Waals surface area contributed by atoms with Gasteiger partial charge in [0.2, 0.25) is 0 Å². The van der Waals surface area contributed by atoms with Gasteiger partial charge in [0.15, 0.2) is 0 Å². The van der Waals surface area contributed by atoms with E-state index in [0.717, 1.165) is 13.1 Å². The zero-order valence-electron chi connectivity index (χ0n) is 11.4. The van der Waals surface area contributed by atoms with Crippen LogP contribution in [-0.2, 0) is 0 Å². The van der Waals surface area contributed by atoms with Gasteiger partial charge < -0.3 is 5.73 Å². The highest BCUT2D eigenvalue weighted by Crippen LogP contribution is 2.20. The summed E-state index contributed by atoms with van der Waals surface area (Å²) in [7, 11) is 0. The number of aryl methyl sites for hydroxylation is 1. The molecule has 0 fully saturated rings. The third-order valence-electron chi connectivity index (χ3n) is 3.15. The summed E-state index contributed by atoms with van der Waals surface area (Å²) in [5.74, 6) is 0. The Balaban J connectivity index is 2.83. The summed E-state index contributed by atoms with van der Waals surface area (Å²) in [5.41, 5.74) is 8.62. The number of nitrogens with zero attached hydrogens (tertiary/aromatic N) is 1. The Kier molecular flexibility index (Phi) is 6.23.